The molecule has 0 aliphatic heterocycles. The van der Waals surface area contributed by atoms with Crippen molar-refractivity contribution in [2.75, 3.05) is 0 Å². The van der Waals surface area contributed by atoms with Crippen molar-refractivity contribution in [2.24, 2.45) is 5.73 Å². The highest BCUT2D eigenvalue weighted by Gasteiger charge is 2.23. The van der Waals surface area contributed by atoms with Crippen molar-refractivity contribution in [1.29, 1.82) is 0 Å². The predicted molar refractivity (Wildman–Crippen MR) is 123 cm³/mol. The van der Waals surface area contributed by atoms with E-state index in [9.17, 15) is 0 Å². The van der Waals surface area contributed by atoms with Crippen molar-refractivity contribution >= 4 is 0 Å². The van der Waals surface area contributed by atoms with Crippen molar-refractivity contribution in [1.82, 2.24) is 0 Å². The molecule has 146 valence electrons. The van der Waals surface area contributed by atoms with Crippen LogP contribution in [-0.2, 0) is 6.42 Å². The van der Waals surface area contributed by atoms with Gasteiger partial charge >= 0.3 is 0 Å². The van der Waals surface area contributed by atoms with E-state index in [2.05, 4.69) is 90.9 Å². The number of nitrogens with two attached hydrogens (primary N) is 1. The zero-order chi connectivity index (χ0) is 20.6. The van der Waals surface area contributed by atoms with Crippen molar-refractivity contribution in [2.45, 2.75) is 60.9 Å². The predicted octanol–water partition coefficient (Wildman–Crippen LogP) is 7.14. The van der Waals surface area contributed by atoms with Crippen LogP contribution in [0, 0.1) is 34.6 Å². The standard InChI is InChI=1S/C27H33N/c1-8-23-19(5)25(21(7)28)26(22-14-13-16(2)18(4)15-22)20(6)27(23)24-12-10-9-11-17(24)3/h9-15,21H,8,28H2,1-7H3. The maximum Gasteiger partial charge on any atom is 0.0275 e. The molecule has 2 N–H and O–H groups in total. The van der Waals surface area contributed by atoms with Crippen molar-refractivity contribution < 1.29 is 0 Å². The molecule has 3 aromatic rings. The van der Waals surface area contributed by atoms with Gasteiger partial charge in [0, 0.05) is 6.04 Å². The third kappa shape index (κ3) is 3.40. The van der Waals surface area contributed by atoms with E-state index in [1.54, 1.807) is 0 Å². The van der Waals surface area contributed by atoms with Crippen LogP contribution in [0.3, 0.4) is 0 Å². The summed E-state index contributed by atoms with van der Waals surface area (Å²) < 4.78 is 0. The number of hydrogen-bond donors (Lipinski definition) is 1. The molecule has 1 nitrogen and oxygen atoms in total. The molecule has 3 rings (SSSR count). The van der Waals surface area contributed by atoms with Crippen LogP contribution in [0.4, 0.5) is 0 Å². The highest BCUT2D eigenvalue weighted by atomic mass is 14.6. The summed E-state index contributed by atoms with van der Waals surface area (Å²) >= 11 is 0. The Morgan fingerprint density at radius 2 is 1.46 bits per heavy atom. The van der Waals surface area contributed by atoms with Crippen LogP contribution < -0.4 is 5.73 Å². The van der Waals surface area contributed by atoms with E-state index in [1.807, 2.05) is 0 Å². The molecule has 28 heavy (non-hydrogen) atoms. The van der Waals surface area contributed by atoms with Gasteiger partial charge in [0.2, 0.25) is 0 Å². The van der Waals surface area contributed by atoms with Crippen LogP contribution >= 0.6 is 0 Å². The fraction of sp³-hybridized carbons (Fsp3) is 0.333. The van der Waals surface area contributed by atoms with Crippen molar-refractivity contribution in [3.05, 3.63) is 81.4 Å². The average Bonchev–Trinajstić information content (AvgIpc) is 2.65. The molecule has 0 aliphatic carbocycles. The summed E-state index contributed by atoms with van der Waals surface area (Å²) in [5.41, 5.74) is 21.2. The molecule has 0 amide bonds. The minimum atomic E-state index is -0.00784. The third-order valence-corrected chi connectivity index (χ3v) is 6.20. The van der Waals surface area contributed by atoms with Crippen molar-refractivity contribution in [3.8, 4) is 22.3 Å². The molecule has 0 fully saturated rings. The lowest BCUT2D eigenvalue weighted by Crippen LogP contribution is -2.13. The summed E-state index contributed by atoms with van der Waals surface area (Å²) in [6.45, 7) is 15.5. The van der Waals surface area contributed by atoms with Gasteiger partial charge < -0.3 is 5.73 Å². The lowest BCUT2D eigenvalue weighted by molar-refractivity contribution is 0.806. The molecular weight excluding hydrogens is 338 g/mol. The van der Waals surface area contributed by atoms with E-state index in [4.69, 9.17) is 5.73 Å². The summed E-state index contributed by atoms with van der Waals surface area (Å²) in [5.74, 6) is 0. The van der Waals surface area contributed by atoms with Gasteiger partial charge in [-0.05, 0) is 109 Å². The minimum Gasteiger partial charge on any atom is -0.324 e. The molecule has 0 aromatic heterocycles. The Kier molecular flexibility index (Phi) is 5.76. The molecule has 1 atom stereocenters. The lowest BCUT2D eigenvalue weighted by atomic mass is 9.79. The Balaban J connectivity index is 2.48. The Hall–Kier alpha value is -2.38. The second kappa shape index (κ2) is 7.93. The highest BCUT2D eigenvalue weighted by molar-refractivity contribution is 5.86. The average molecular weight is 372 g/mol. The van der Waals surface area contributed by atoms with Crippen LogP contribution in [0.1, 0.15) is 58.8 Å². The second-order valence-electron chi connectivity index (χ2n) is 8.15. The first kappa shape index (κ1) is 20.4. The lowest BCUT2D eigenvalue weighted by Gasteiger charge is -2.27. The summed E-state index contributed by atoms with van der Waals surface area (Å²) in [5, 5.41) is 0. The van der Waals surface area contributed by atoms with Gasteiger partial charge in [-0.25, -0.2) is 0 Å². The Morgan fingerprint density at radius 3 is 2.04 bits per heavy atom. The Bertz CT molecular complexity index is 1020. The van der Waals surface area contributed by atoms with Crippen molar-refractivity contribution in [3.63, 3.8) is 0 Å². The Morgan fingerprint density at radius 1 is 0.786 bits per heavy atom. The normalized spacial score (nSPS) is 12.3. The molecule has 0 saturated heterocycles. The van der Waals surface area contributed by atoms with Gasteiger partial charge in [-0.1, -0.05) is 49.4 Å². The smallest absolute Gasteiger partial charge is 0.0275 e. The summed E-state index contributed by atoms with van der Waals surface area (Å²) in [7, 11) is 0. The molecule has 1 unspecified atom stereocenters. The number of hydrogen-bond acceptors (Lipinski definition) is 1. The largest absolute Gasteiger partial charge is 0.324 e. The highest BCUT2D eigenvalue weighted by Crippen LogP contribution is 2.43. The molecule has 0 spiro atoms. The molecule has 1 heteroatoms. The van der Waals surface area contributed by atoms with Gasteiger partial charge in [-0.2, -0.15) is 0 Å². The van der Waals surface area contributed by atoms with Gasteiger partial charge in [0.05, 0.1) is 0 Å². The van der Waals surface area contributed by atoms with E-state index in [1.165, 1.54) is 61.2 Å². The third-order valence-electron chi connectivity index (χ3n) is 6.20. The van der Waals surface area contributed by atoms with Crippen LogP contribution in [0.15, 0.2) is 42.5 Å². The van der Waals surface area contributed by atoms with E-state index < -0.39 is 0 Å². The molecule has 0 radical (unpaired) electrons. The van der Waals surface area contributed by atoms with Crippen LogP contribution in [-0.4, -0.2) is 0 Å². The summed E-state index contributed by atoms with van der Waals surface area (Å²) in [6.07, 6.45) is 1.00. The van der Waals surface area contributed by atoms with Gasteiger partial charge in [0.15, 0.2) is 0 Å². The molecular formula is C27H33N. The first-order chi connectivity index (χ1) is 13.3. The van der Waals surface area contributed by atoms with E-state index in [0.717, 1.165) is 6.42 Å². The summed E-state index contributed by atoms with van der Waals surface area (Å²) in [6, 6.07) is 15.5. The fourth-order valence-electron chi connectivity index (χ4n) is 4.59. The first-order valence-corrected chi connectivity index (χ1v) is 10.3. The van der Waals surface area contributed by atoms with E-state index >= 15 is 0 Å². The zero-order valence-electron chi connectivity index (χ0n) is 18.4. The first-order valence-electron chi connectivity index (χ1n) is 10.3. The molecule has 0 aliphatic rings. The SMILES string of the molecule is CCc1c(C)c(C(C)N)c(-c2ccc(C)c(C)c2)c(C)c1-c1ccccc1C. The molecule has 3 aromatic carbocycles. The number of benzene rings is 3. The second-order valence-corrected chi connectivity index (χ2v) is 8.15. The van der Waals surface area contributed by atoms with Gasteiger partial charge in [0.1, 0.15) is 0 Å². The van der Waals surface area contributed by atoms with Gasteiger partial charge in [-0.15, -0.1) is 0 Å². The quantitative estimate of drug-likeness (QED) is 0.518. The maximum absolute atomic E-state index is 6.53. The topological polar surface area (TPSA) is 26.0 Å². The minimum absolute atomic E-state index is 0.00784. The van der Waals surface area contributed by atoms with Crippen LogP contribution in [0.25, 0.3) is 22.3 Å². The van der Waals surface area contributed by atoms with Gasteiger partial charge in [-0.3, -0.25) is 0 Å². The van der Waals surface area contributed by atoms with Gasteiger partial charge in [0.25, 0.3) is 0 Å². The maximum atomic E-state index is 6.53. The van der Waals surface area contributed by atoms with Crippen LogP contribution in [0.2, 0.25) is 0 Å². The van der Waals surface area contributed by atoms with Crippen LogP contribution in [0.5, 0.6) is 0 Å². The molecule has 0 saturated carbocycles. The Labute approximate surface area is 170 Å². The molecule has 0 bridgehead atoms. The fourth-order valence-corrected chi connectivity index (χ4v) is 4.59. The van der Waals surface area contributed by atoms with E-state index in [0.29, 0.717) is 0 Å². The summed E-state index contributed by atoms with van der Waals surface area (Å²) in [4.78, 5) is 0. The zero-order valence-corrected chi connectivity index (χ0v) is 18.4. The number of aryl methyl sites for hydroxylation is 3. The monoisotopic (exact) mass is 371 g/mol. The number of rotatable bonds is 4. The molecule has 0 heterocycles. The van der Waals surface area contributed by atoms with E-state index in [-0.39, 0.29) is 6.04 Å².